The molecular formula is C14H17F3N4O2. The van der Waals surface area contributed by atoms with Gasteiger partial charge in [0, 0.05) is 37.5 Å². The number of rotatable bonds is 5. The first kappa shape index (κ1) is 18.6. The second-order valence-electron chi connectivity index (χ2n) is 4.49. The summed E-state index contributed by atoms with van der Waals surface area (Å²) < 4.78 is 40.9. The molecule has 0 aliphatic heterocycles. The number of hydrogen-bond donors (Lipinski definition) is 0. The molecule has 0 aliphatic rings. The molecule has 0 amide bonds. The van der Waals surface area contributed by atoms with Gasteiger partial charge < -0.3 is 4.74 Å². The predicted molar refractivity (Wildman–Crippen MR) is 78.3 cm³/mol. The highest BCUT2D eigenvalue weighted by Gasteiger charge is 2.22. The molecule has 0 bridgehead atoms. The standard InChI is InChI=1S/C13H14F2N4O2.CH3F/c1-3-19-11(20)5-4-10(18-19)9-6-16-12(17-7-9)21-8-13(2,14)15;1-2/h4-7H,3,8H2,1-2H3;1H3. The van der Waals surface area contributed by atoms with E-state index in [0.717, 1.165) is 6.92 Å². The van der Waals surface area contributed by atoms with Gasteiger partial charge in [-0.2, -0.15) is 5.10 Å². The summed E-state index contributed by atoms with van der Waals surface area (Å²) in [5.41, 5.74) is 0.879. The fourth-order valence-corrected chi connectivity index (χ4v) is 1.54. The summed E-state index contributed by atoms with van der Waals surface area (Å²) in [7, 11) is 0.500. The van der Waals surface area contributed by atoms with Gasteiger partial charge in [0.2, 0.25) is 0 Å². The average Bonchev–Trinajstić information content (AvgIpc) is 2.55. The van der Waals surface area contributed by atoms with Crippen molar-refractivity contribution in [2.75, 3.05) is 13.8 Å². The molecule has 0 saturated carbocycles. The van der Waals surface area contributed by atoms with Crippen molar-refractivity contribution in [3.63, 3.8) is 0 Å². The molecule has 2 rings (SSSR count). The van der Waals surface area contributed by atoms with E-state index < -0.39 is 12.5 Å². The van der Waals surface area contributed by atoms with E-state index in [1.165, 1.54) is 23.1 Å². The van der Waals surface area contributed by atoms with Crippen LogP contribution in [0.25, 0.3) is 11.3 Å². The lowest BCUT2D eigenvalue weighted by atomic mass is 10.2. The van der Waals surface area contributed by atoms with Crippen LogP contribution in [0.1, 0.15) is 13.8 Å². The molecule has 23 heavy (non-hydrogen) atoms. The molecule has 2 aromatic rings. The van der Waals surface area contributed by atoms with E-state index in [2.05, 4.69) is 15.1 Å². The minimum Gasteiger partial charge on any atom is -0.457 e. The van der Waals surface area contributed by atoms with E-state index in [0.29, 0.717) is 25.0 Å². The summed E-state index contributed by atoms with van der Waals surface area (Å²) >= 11 is 0. The monoisotopic (exact) mass is 330 g/mol. The van der Waals surface area contributed by atoms with Crippen LogP contribution in [0, 0.1) is 0 Å². The molecular weight excluding hydrogens is 313 g/mol. The normalized spacial score (nSPS) is 10.7. The van der Waals surface area contributed by atoms with Crippen molar-refractivity contribution < 1.29 is 17.9 Å². The Labute approximate surface area is 131 Å². The third-order valence-corrected chi connectivity index (χ3v) is 2.54. The smallest absolute Gasteiger partial charge is 0.316 e. The SMILES string of the molecule is CCn1nc(-c2cnc(OCC(C)(F)F)nc2)ccc1=O.CF. The highest BCUT2D eigenvalue weighted by Crippen LogP contribution is 2.16. The molecule has 0 radical (unpaired) electrons. The minimum atomic E-state index is -2.94. The van der Waals surface area contributed by atoms with Crippen molar-refractivity contribution in [2.24, 2.45) is 0 Å². The van der Waals surface area contributed by atoms with Crippen LogP contribution in [0.3, 0.4) is 0 Å². The summed E-state index contributed by atoms with van der Waals surface area (Å²) in [6, 6.07) is 2.81. The number of ether oxygens (including phenoxy) is 1. The highest BCUT2D eigenvalue weighted by atomic mass is 19.3. The number of hydrogen-bond acceptors (Lipinski definition) is 5. The number of halogens is 3. The molecule has 2 aromatic heterocycles. The van der Waals surface area contributed by atoms with Gasteiger partial charge in [0.1, 0.15) is 0 Å². The maximum Gasteiger partial charge on any atom is 0.316 e. The minimum absolute atomic E-state index is 0.135. The van der Waals surface area contributed by atoms with Crippen LogP contribution >= 0.6 is 0 Å². The molecule has 0 N–H and O–H groups in total. The Kier molecular flexibility index (Phi) is 6.67. The summed E-state index contributed by atoms with van der Waals surface area (Å²) in [5.74, 6) is -2.94. The summed E-state index contributed by atoms with van der Waals surface area (Å²) in [5, 5.41) is 4.14. The molecule has 0 aliphatic carbocycles. The number of nitrogens with zero attached hydrogens (tertiary/aromatic N) is 4. The van der Waals surface area contributed by atoms with Gasteiger partial charge in [-0.25, -0.2) is 23.4 Å². The van der Waals surface area contributed by atoms with E-state index in [9.17, 15) is 18.0 Å². The van der Waals surface area contributed by atoms with E-state index in [1.807, 2.05) is 0 Å². The Bertz CT molecular complexity index is 669. The topological polar surface area (TPSA) is 69.9 Å². The van der Waals surface area contributed by atoms with Gasteiger partial charge >= 0.3 is 6.01 Å². The van der Waals surface area contributed by atoms with Crippen molar-refractivity contribution in [3.8, 4) is 17.3 Å². The van der Waals surface area contributed by atoms with E-state index in [-0.39, 0.29) is 11.6 Å². The van der Waals surface area contributed by atoms with Gasteiger partial charge in [-0.05, 0) is 13.0 Å². The maximum atomic E-state index is 12.7. The van der Waals surface area contributed by atoms with Crippen molar-refractivity contribution in [1.29, 1.82) is 0 Å². The van der Waals surface area contributed by atoms with E-state index in [1.54, 1.807) is 13.0 Å². The number of alkyl halides is 3. The molecule has 0 fully saturated rings. The van der Waals surface area contributed by atoms with Gasteiger partial charge in [0.15, 0.2) is 6.61 Å². The lowest BCUT2D eigenvalue weighted by molar-refractivity contribution is -0.0256. The quantitative estimate of drug-likeness (QED) is 0.841. The summed E-state index contributed by atoms with van der Waals surface area (Å²) in [6.45, 7) is 2.21. The third-order valence-electron chi connectivity index (χ3n) is 2.54. The number of aromatic nitrogens is 4. The summed E-state index contributed by atoms with van der Waals surface area (Å²) in [6.07, 6.45) is 2.81. The molecule has 0 saturated heterocycles. The fraction of sp³-hybridized carbons (Fsp3) is 0.429. The van der Waals surface area contributed by atoms with Crippen molar-refractivity contribution in [2.45, 2.75) is 26.3 Å². The van der Waals surface area contributed by atoms with Crippen LogP contribution in [0.2, 0.25) is 0 Å². The zero-order chi connectivity index (χ0) is 17.5. The van der Waals surface area contributed by atoms with Crippen LogP contribution < -0.4 is 10.3 Å². The first-order chi connectivity index (χ1) is 10.9. The first-order valence-electron chi connectivity index (χ1n) is 6.68. The van der Waals surface area contributed by atoms with E-state index in [4.69, 9.17) is 4.74 Å². The zero-order valence-corrected chi connectivity index (χ0v) is 13.0. The molecule has 0 unspecified atom stereocenters. The van der Waals surface area contributed by atoms with Gasteiger partial charge in [-0.3, -0.25) is 9.18 Å². The first-order valence-corrected chi connectivity index (χ1v) is 6.68. The van der Waals surface area contributed by atoms with Crippen molar-refractivity contribution in [1.82, 2.24) is 19.7 Å². The zero-order valence-electron chi connectivity index (χ0n) is 13.0. The van der Waals surface area contributed by atoms with Crippen LogP contribution in [0.15, 0.2) is 29.3 Å². The predicted octanol–water partition coefficient (Wildman–Crippen LogP) is 2.34. The largest absolute Gasteiger partial charge is 0.457 e. The highest BCUT2D eigenvalue weighted by molar-refractivity contribution is 5.55. The molecule has 126 valence electrons. The van der Waals surface area contributed by atoms with Gasteiger partial charge in [-0.15, -0.1) is 0 Å². The van der Waals surface area contributed by atoms with Gasteiger partial charge in [-0.1, -0.05) is 0 Å². The van der Waals surface area contributed by atoms with Gasteiger partial charge in [0.25, 0.3) is 11.5 Å². The summed E-state index contributed by atoms with van der Waals surface area (Å²) in [4.78, 5) is 19.1. The molecule has 0 spiro atoms. The fourth-order valence-electron chi connectivity index (χ4n) is 1.54. The molecule has 0 aromatic carbocycles. The molecule has 0 atom stereocenters. The Morgan fingerprint density at radius 1 is 1.22 bits per heavy atom. The lowest BCUT2D eigenvalue weighted by Crippen LogP contribution is -2.22. The Morgan fingerprint density at radius 2 is 1.83 bits per heavy atom. The maximum absolute atomic E-state index is 12.7. The number of aryl methyl sites for hydroxylation is 1. The molecule has 2 heterocycles. The second kappa shape index (κ2) is 8.25. The average molecular weight is 330 g/mol. The van der Waals surface area contributed by atoms with Crippen LogP contribution in [-0.4, -0.2) is 39.5 Å². The Balaban J connectivity index is 0.00000127. The van der Waals surface area contributed by atoms with Crippen LogP contribution in [0.5, 0.6) is 6.01 Å². The second-order valence-corrected chi connectivity index (χ2v) is 4.49. The molecule has 9 heteroatoms. The Hall–Kier alpha value is -2.45. The van der Waals surface area contributed by atoms with Gasteiger partial charge in [0.05, 0.1) is 12.9 Å². The molecule has 6 nitrogen and oxygen atoms in total. The third kappa shape index (κ3) is 5.68. The van der Waals surface area contributed by atoms with E-state index >= 15 is 0 Å². The van der Waals surface area contributed by atoms with Crippen molar-refractivity contribution >= 4 is 0 Å². The van der Waals surface area contributed by atoms with Crippen LogP contribution in [-0.2, 0) is 6.54 Å². The van der Waals surface area contributed by atoms with Crippen LogP contribution in [0.4, 0.5) is 13.2 Å². The Morgan fingerprint density at radius 3 is 2.35 bits per heavy atom. The lowest BCUT2D eigenvalue weighted by Gasteiger charge is -2.10. The van der Waals surface area contributed by atoms with Crippen molar-refractivity contribution in [3.05, 3.63) is 34.9 Å².